The number of carbonyl (C=O) groups excluding carboxylic acids is 1. The van der Waals surface area contributed by atoms with E-state index in [1.54, 1.807) is 6.07 Å². The quantitative estimate of drug-likeness (QED) is 0.849. The van der Waals surface area contributed by atoms with E-state index in [-0.39, 0.29) is 21.8 Å². The van der Waals surface area contributed by atoms with Gasteiger partial charge in [0.25, 0.3) is 5.91 Å². The molecule has 108 valence electrons. The molecule has 2 N–H and O–H groups in total. The highest BCUT2D eigenvalue weighted by atomic mass is 79.9. The van der Waals surface area contributed by atoms with Gasteiger partial charge in [0.15, 0.2) is 0 Å². The van der Waals surface area contributed by atoms with Gasteiger partial charge >= 0.3 is 5.97 Å². The highest BCUT2D eigenvalue weighted by Crippen LogP contribution is 2.22. The molecule has 1 amide bonds. The third kappa shape index (κ3) is 3.80. The fourth-order valence-electron chi connectivity index (χ4n) is 1.66. The summed E-state index contributed by atoms with van der Waals surface area (Å²) in [4.78, 5) is 23.0. The molecule has 0 saturated carbocycles. The van der Waals surface area contributed by atoms with E-state index in [0.29, 0.717) is 4.47 Å². The molecule has 21 heavy (non-hydrogen) atoms. The van der Waals surface area contributed by atoms with Gasteiger partial charge in [0.05, 0.1) is 16.1 Å². The standard InChI is InChI=1S/C14H8BrClFNO3/c15-8-3-7(14(20)21)4-10(5-8)18-13(19)11-2-1-9(17)6-12(11)16/h1-6H,(H,18,19)(H,20,21). The predicted molar refractivity (Wildman–Crippen MR) is 80.5 cm³/mol. The van der Waals surface area contributed by atoms with E-state index in [2.05, 4.69) is 21.2 Å². The van der Waals surface area contributed by atoms with Crippen LogP contribution in [-0.2, 0) is 0 Å². The number of amides is 1. The first-order valence-electron chi connectivity index (χ1n) is 5.67. The molecule has 0 fully saturated rings. The van der Waals surface area contributed by atoms with E-state index in [9.17, 15) is 14.0 Å². The van der Waals surface area contributed by atoms with Crippen molar-refractivity contribution in [3.05, 3.63) is 62.8 Å². The van der Waals surface area contributed by atoms with Gasteiger partial charge in [-0.1, -0.05) is 27.5 Å². The van der Waals surface area contributed by atoms with Gasteiger partial charge in [-0.2, -0.15) is 0 Å². The maximum absolute atomic E-state index is 12.9. The van der Waals surface area contributed by atoms with Crippen molar-refractivity contribution in [1.29, 1.82) is 0 Å². The number of nitrogens with one attached hydrogen (secondary N) is 1. The van der Waals surface area contributed by atoms with Gasteiger partial charge in [-0.25, -0.2) is 9.18 Å². The fraction of sp³-hybridized carbons (Fsp3) is 0. The Morgan fingerprint density at radius 3 is 2.52 bits per heavy atom. The van der Waals surface area contributed by atoms with Gasteiger partial charge in [0.2, 0.25) is 0 Å². The van der Waals surface area contributed by atoms with Crippen molar-refractivity contribution >= 4 is 45.1 Å². The van der Waals surface area contributed by atoms with Crippen LogP contribution >= 0.6 is 27.5 Å². The predicted octanol–water partition coefficient (Wildman–Crippen LogP) is 4.19. The van der Waals surface area contributed by atoms with Crippen molar-refractivity contribution < 1.29 is 19.1 Å². The molecule has 2 aromatic rings. The van der Waals surface area contributed by atoms with E-state index < -0.39 is 17.7 Å². The van der Waals surface area contributed by atoms with Crippen LogP contribution in [0, 0.1) is 5.82 Å². The van der Waals surface area contributed by atoms with Crippen molar-refractivity contribution in [2.75, 3.05) is 5.32 Å². The van der Waals surface area contributed by atoms with E-state index in [1.807, 2.05) is 0 Å². The zero-order valence-electron chi connectivity index (χ0n) is 10.4. The largest absolute Gasteiger partial charge is 0.478 e. The Balaban J connectivity index is 2.29. The summed E-state index contributed by atoms with van der Waals surface area (Å²) in [6, 6.07) is 7.65. The molecule has 0 unspecified atom stereocenters. The molecule has 2 rings (SSSR count). The minimum atomic E-state index is -1.12. The summed E-state index contributed by atoms with van der Waals surface area (Å²) in [5, 5.41) is 11.5. The molecule has 0 aliphatic carbocycles. The summed E-state index contributed by atoms with van der Waals surface area (Å²) in [7, 11) is 0. The molecule has 0 aromatic heterocycles. The van der Waals surface area contributed by atoms with Crippen LogP contribution in [0.5, 0.6) is 0 Å². The van der Waals surface area contributed by atoms with Crippen LogP contribution in [-0.4, -0.2) is 17.0 Å². The Hall–Kier alpha value is -1.92. The zero-order valence-corrected chi connectivity index (χ0v) is 12.7. The summed E-state index contributed by atoms with van der Waals surface area (Å²) in [6.07, 6.45) is 0. The molecule has 0 bridgehead atoms. The lowest BCUT2D eigenvalue weighted by Gasteiger charge is -2.08. The Labute approximate surface area is 132 Å². The average molecular weight is 373 g/mol. The molecule has 0 atom stereocenters. The van der Waals surface area contributed by atoms with Crippen LogP contribution in [0.2, 0.25) is 5.02 Å². The third-order valence-corrected chi connectivity index (χ3v) is 3.35. The van der Waals surface area contributed by atoms with Crippen molar-refractivity contribution in [2.24, 2.45) is 0 Å². The van der Waals surface area contributed by atoms with Crippen molar-refractivity contribution in [3.8, 4) is 0 Å². The van der Waals surface area contributed by atoms with Gasteiger partial charge < -0.3 is 10.4 Å². The minimum absolute atomic E-state index is 0.0184. The highest BCUT2D eigenvalue weighted by Gasteiger charge is 2.13. The lowest BCUT2D eigenvalue weighted by atomic mass is 10.1. The summed E-state index contributed by atoms with van der Waals surface area (Å²) < 4.78 is 13.4. The number of carboxylic acids is 1. The maximum Gasteiger partial charge on any atom is 0.335 e. The molecular weight excluding hydrogens is 365 g/mol. The number of carboxylic acid groups (broad SMARTS) is 1. The van der Waals surface area contributed by atoms with E-state index in [4.69, 9.17) is 16.7 Å². The minimum Gasteiger partial charge on any atom is -0.478 e. The molecular formula is C14H8BrClFNO3. The monoisotopic (exact) mass is 371 g/mol. The molecule has 2 aromatic carbocycles. The van der Waals surface area contributed by atoms with Gasteiger partial charge in [-0.15, -0.1) is 0 Å². The summed E-state index contributed by atoms with van der Waals surface area (Å²) in [6.45, 7) is 0. The van der Waals surface area contributed by atoms with Crippen LogP contribution in [0.3, 0.4) is 0 Å². The first-order valence-corrected chi connectivity index (χ1v) is 6.84. The second-order valence-electron chi connectivity index (χ2n) is 4.11. The maximum atomic E-state index is 12.9. The average Bonchev–Trinajstić information content (AvgIpc) is 2.37. The number of hydrogen-bond donors (Lipinski definition) is 2. The van der Waals surface area contributed by atoms with E-state index in [0.717, 1.165) is 12.1 Å². The molecule has 0 aliphatic rings. The number of anilines is 1. The van der Waals surface area contributed by atoms with Crippen LogP contribution in [0.4, 0.5) is 10.1 Å². The zero-order chi connectivity index (χ0) is 15.6. The van der Waals surface area contributed by atoms with Crippen LogP contribution in [0.15, 0.2) is 40.9 Å². The van der Waals surface area contributed by atoms with Crippen molar-refractivity contribution in [3.63, 3.8) is 0 Å². The number of benzene rings is 2. The lowest BCUT2D eigenvalue weighted by Crippen LogP contribution is -2.13. The number of rotatable bonds is 3. The number of aromatic carboxylic acids is 1. The Morgan fingerprint density at radius 2 is 1.90 bits per heavy atom. The SMILES string of the molecule is O=C(O)c1cc(Br)cc(NC(=O)c2ccc(F)cc2Cl)c1. The summed E-state index contributed by atoms with van der Waals surface area (Å²) in [5.41, 5.74) is 0.395. The smallest absolute Gasteiger partial charge is 0.335 e. The van der Waals surface area contributed by atoms with Crippen LogP contribution in [0.25, 0.3) is 0 Å². The summed E-state index contributed by atoms with van der Waals surface area (Å²) >= 11 is 8.96. The topological polar surface area (TPSA) is 66.4 Å². The molecule has 0 heterocycles. The first kappa shape index (κ1) is 15.5. The molecule has 7 heteroatoms. The normalized spacial score (nSPS) is 10.2. The number of hydrogen-bond acceptors (Lipinski definition) is 2. The van der Waals surface area contributed by atoms with Crippen molar-refractivity contribution in [1.82, 2.24) is 0 Å². The van der Waals surface area contributed by atoms with Crippen molar-refractivity contribution in [2.45, 2.75) is 0 Å². The number of halogens is 3. The molecule has 0 radical (unpaired) electrons. The molecule has 4 nitrogen and oxygen atoms in total. The van der Waals surface area contributed by atoms with Crippen LogP contribution < -0.4 is 5.32 Å². The van der Waals surface area contributed by atoms with E-state index in [1.165, 1.54) is 18.2 Å². The Kier molecular flexibility index (Phi) is 4.59. The number of carbonyl (C=O) groups is 2. The second kappa shape index (κ2) is 6.24. The van der Waals surface area contributed by atoms with Gasteiger partial charge in [-0.3, -0.25) is 4.79 Å². The fourth-order valence-corrected chi connectivity index (χ4v) is 2.40. The second-order valence-corrected chi connectivity index (χ2v) is 5.43. The van der Waals surface area contributed by atoms with Crippen LogP contribution in [0.1, 0.15) is 20.7 Å². The van der Waals surface area contributed by atoms with Gasteiger partial charge in [0.1, 0.15) is 5.82 Å². The Morgan fingerprint density at radius 1 is 1.19 bits per heavy atom. The van der Waals surface area contributed by atoms with E-state index >= 15 is 0 Å². The lowest BCUT2D eigenvalue weighted by molar-refractivity contribution is 0.0696. The third-order valence-electron chi connectivity index (χ3n) is 2.58. The molecule has 0 spiro atoms. The highest BCUT2D eigenvalue weighted by molar-refractivity contribution is 9.10. The molecule has 0 saturated heterocycles. The first-order chi connectivity index (χ1) is 9.86. The van der Waals surface area contributed by atoms with Gasteiger partial charge in [-0.05, 0) is 36.4 Å². The Bertz CT molecular complexity index is 736. The molecule has 0 aliphatic heterocycles. The van der Waals surface area contributed by atoms with Gasteiger partial charge in [0, 0.05) is 10.2 Å². The summed E-state index contributed by atoms with van der Waals surface area (Å²) in [5.74, 6) is -2.23.